The lowest BCUT2D eigenvalue weighted by molar-refractivity contribution is -0.143. The Hall–Kier alpha value is -0.220. The van der Waals surface area contributed by atoms with Gasteiger partial charge in [0.1, 0.15) is 6.04 Å². The first kappa shape index (κ1) is 12.8. The van der Waals surface area contributed by atoms with Crippen LogP contribution in [0, 0.1) is 0 Å². The molecule has 1 saturated heterocycles. The molecule has 15 heavy (non-hydrogen) atoms. The van der Waals surface area contributed by atoms with Crippen LogP contribution in [0.2, 0.25) is 0 Å². The van der Waals surface area contributed by atoms with E-state index in [2.05, 4.69) is 11.8 Å². The van der Waals surface area contributed by atoms with Gasteiger partial charge >= 0.3 is 5.97 Å². The average molecular weight is 231 g/mol. The topological polar surface area (TPSA) is 40.5 Å². The van der Waals surface area contributed by atoms with Gasteiger partial charge in [0.15, 0.2) is 0 Å². The number of thioether (sulfide) groups is 1. The summed E-state index contributed by atoms with van der Waals surface area (Å²) in [4.78, 5) is 13.2. The molecule has 3 nitrogen and oxygen atoms in total. The van der Waals surface area contributed by atoms with Gasteiger partial charge in [-0.05, 0) is 25.6 Å². The highest BCUT2D eigenvalue weighted by Crippen LogP contribution is 2.24. The summed E-state index contributed by atoms with van der Waals surface area (Å²) in [6.45, 7) is 2.10. The van der Waals surface area contributed by atoms with Gasteiger partial charge in [0, 0.05) is 11.8 Å². The highest BCUT2D eigenvalue weighted by molar-refractivity contribution is 7.99. The standard InChI is InChI=1S/C11H21NO2S/c1-3-4-5-10(11(13)14)12(2)9-6-7-15-8-9/h9-10H,3-8H2,1-2H3,(H,13,14). The molecule has 0 saturated carbocycles. The molecule has 0 aromatic rings. The minimum atomic E-state index is -0.664. The fraction of sp³-hybridized carbons (Fsp3) is 0.909. The molecule has 4 heteroatoms. The highest BCUT2D eigenvalue weighted by atomic mass is 32.2. The maximum absolute atomic E-state index is 11.2. The van der Waals surface area contributed by atoms with Crippen LogP contribution in [0.5, 0.6) is 0 Å². The second-order valence-electron chi connectivity index (χ2n) is 4.18. The lowest BCUT2D eigenvalue weighted by atomic mass is 10.1. The number of aliphatic carboxylic acids is 1. The average Bonchev–Trinajstić information content (AvgIpc) is 2.70. The molecule has 0 spiro atoms. The summed E-state index contributed by atoms with van der Waals surface area (Å²) in [5, 5.41) is 9.18. The third-order valence-electron chi connectivity index (χ3n) is 3.09. The molecular formula is C11H21NO2S. The van der Waals surface area contributed by atoms with E-state index in [1.807, 2.05) is 18.8 Å². The van der Waals surface area contributed by atoms with E-state index in [9.17, 15) is 9.90 Å². The molecule has 1 aliphatic heterocycles. The fourth-order valence-electron chi connectivity index (χ4n) is 2.00. The fourth-order valence-corrected chi connectivity index (χ4v) is 3.28. The van der Waals surface area contributed by atoms with Gasteiger partial charge in [0.25, 0.3) is 0 Å². The molecular weight excluding hydrogens is 210 g/mol. The van der Waals surface area contributed by atoms with E-state index < -0.39 is 5.97 Å². The van der Waals surface area contributed by atoms with E-state index in [-0.39, 0.29) is 6.04 Å². The minimum absolute atomic E-state index is 0.284. The lowest BCUT2D eigenvalue weighted by Crippen LogP contribution is -2.44. The van der Waals surface area contributed by atoms with E-state index >= 15 is 0 Å². The molecule has 0 bridgehead atoms. The van der Waals surface area contributed by atoms with Crippen molar-refractivity contribution in [2.75, 3.05) is 18.6 Å². The molecule has 1 N–H and O–H groups in total. The summed E-state index contributed by atoms with van der Waals surface area (Å²) >= 11 is 1.93. The number of carboxylic acid groups (broad SMARTS) is 1. The van der Waals surface area contributed by atoms with Crippen molar-refractivity contribution in [3.05, 3.63) is 0 Å². The van der Waals surface area contributed by atoms with Crippen LogP contribution in [0.1, 0.15) is 32.6 Å². The van der Waals surface area contributed by atoms with Crippen molar-refractivity contribution >= 4 is 17.7 Å². The van der Waals surface area contributed by atoms with Crippen LogP contribution in [0.3, 0.4) is 0 Å². The van der Waals surface area contributed by atoms with Gasteiger partial charge in [-0.3, -0.25) is 9.69 Å². The number of carboxylic acids is 1. The Bertz CT molecular complexity index is 205. The number of unbranched alkanes of at least 4 members (excludes halogenated alkanes) is 1. The van der Waals surface area contributed by atoms with Crippen molar-refractivity contribution in [2.45, 2.75) is 44.7 Å². The van der Waals surface area contributed by atoms with E-state index in [0.29, 0.717) is 6.04 Å². The summed E-state index contributed by atoms with van der Waals surface area (Å²) in [6.07, 6.45) is 3.98. The first-order chi connectivity index (χ1) is 7.16. The maximum Gasteiger partial charge on any atom is 0.320 e. The SMILES string of the molecule is CCCCC(C(=O)O)N(C)C1CCSC1. The summed E-state index contributed by atoms with van der Waals surface area (Å²) in [6, 6.07) is 0.182. The summed E-state index contributed by atoms with van der Waals surface area (Å²) in [5.74, 6) is 1.60. The van der Waals surface area contributed by atoms with E-state index in [4.69, 9.17) is 0 Å². The van der Waals surface area contributed by atoms with Gasteiger partial charge in [-0.15, -0.1) is 0 Å². The van der Waals surface area contributed by atoms with Crippen molar-refractivity contribution in [3.63, 3.8) is 0 Å². The van der Waals surface area contributed by atoms with Gasteiger partial charge in [-0.2, -0.15) is 11.8 Å². The van der Waals surface area contributed by atoms with Crippen molar-refractivity contribution in [1.82, 2.24) is 4.90 Å². The number of nitrogens with zero attached hydrogens (tertiary/aromatic N) is 1. The second-order valence-corrected chi connectivity index (χ2v) is 5.33. The Morgan fingerprint density at radius 2 is 2.40 bits per heavy atom. The zero-order valence-corrected chi connectivity index (χ0v) is 10.4. The molecule has 0 aliphatic carbocycles. The molecule has 1 rings (SSSR count). The molecule has 0 radical (unpaired) electrons. The lowest BCUT2D eigenvalue weighted by Gasteiger charge is -2.29. The summed E-state index contributed by atoms with van der Waals surface area (Å²) in [7, 11) is 1.96. The number of hydrogen-bond acceptors (Lipinski definition) is 3. The number of rotatable bonds is 6. The zero-order chi connectivity index (χ0) is 11.3. The molecule has 1 heterocycles. The molecule has 2 atom stereocenters. The Labute approximate surface area is 96.2 Å². The maximum atomic E-state index is 11.2. The summed E-state index contributed by atoms with van der Waals surface area (Å²) in [5.41, 5.74) is 0. The van der Waals surface area contributed by atoms with Crippen LogP contribution in [0.25, 0.3) is 0 Å². The van der Waals surface area contributed by atoms with Crippen LogP contribution in [0.15, 0.2) is 0 Å². The summed E-state index contributed by atoms with van der Waals surface area (Å²) < 4.78 is 0. The molecule has 88 valence electrons. The Balaban J connectivity index is 2.49. The third kappa shape index (κ3) is 3.68. The van der Waals surface area contributed by atoms with Crippen LogP contribution < -0.4 is 0 Å². The van der Waals surface area contributed by atoms with Crippen molar-refractivity contribution in [3.8, 4) is 0 Å². The Morgan fingerprint density at radius 3 is 2.87 bits per heavy atom. The third-order valence-corrected chi connectivity index (χ3v) is 4.23. The van der Waals surface area contributed by atoms with Crippen molar-refractivity contribution in [1.29, 1.82) is 0 Å². The van der Waals surface area contributed by atoms with E-state index in [1.54, 1.807) is 0 Å². The largest absolute Gasteiger partial charge is 0.480 e. The molecule has 0 aromatic heterocycles. The monoisotopic (exact) mass is 231 g/mol. The smallest absolute Gasteiger partial charge is 0.320 e. The minimum Gasteiger partial charge on any atom is -0.480 e. The second kappa shape index (κ2) is 6.38. The normalized spacial score (nSPS) is 23.3. The zero-order valence-electron chi connectivity index (χ0n) is 9.61. The Kier molecular flexibility index (Phi) is 5.47. The molecule has 1 aliphatic rings. The number of carbonyl (C=O) groups is 1. The van der Waals surface area contributed by atoms with E-state index in [1.165, 1.54) is 5.75 Å². The first-order valence-electron chi connectivity index (χ1n) is 5.69. The molecule has 0 amide bonds. The van der Waals surface area contributed by atoms with Gasteiger partial charge in [0.2, 0.25) is 0 Å². The molecule has 0 aromatic carbocycles. The van der Waals surface area contributed by atoms with Gasteiger partial charge in [0.05, 0.1) is 0 Å². The van der Waals surface area contributed by atoms with Crippen LogP contribution in [-0.4, -0.2) is 46.6 Å². The van der Waals surface area contributed by atoms with Gasteiger partial charge in [-0.1, -0.05) is 19.8 Å². The Morgan fingerprint density at radius 1 is 1.67 bits per heavy atom. The van der Waals surface area contributed by atoms with Gasteiger partial charge < -0.3 is 5.11 Å². The quantitative estimate of drug-likeness (QED) is 0.759. The van der Waals surface area contributed by atoms with E-state index in [0.717, 1.165) is 31.4 Å². The van der Waals surface area contributed by atoms with Gasteiger partial charge in [-0.25, -0.2) is 0 Å². The van der Waals surface area contributed by atoms with Crippen molar-refractivity contribution in [2.24, 2.45) is 0 Å². The number of hydrogen-bond donors (Lipinski definition) is 1. The first-order valence-corrected chi connectivity index (χ1v) is 6.84. The molecule has 1 fully saturated rings. The highest BCUT2D eigenvalue weighted by Gasteiger charge is 2.29. The predicted octanol–water partition coefficient (Wildman–Crippen LogP) is 2.07. The number of likely N-dealkylation sites (N-methyl/N-ethyl adjacent to an activating group) is 1. The van der Waals surface area contributed by atoms with Crippen LogP contribution in [0.4, 0.5) is 0 Å². The van der Waals surface area contributed by atoms with Crippen LogP contribution >= 0.6 is 11.8 Å². The van der Waals surface area contributed by atoms with Crippen LogP contribution in [-0.2, 0) is 4.79 Å². The van der Waals surface area contributed by atoms with Crippen molar-refractivity contribution < 1.29 is 9.90 Å². The molecule has 2 unspecified atom stereocenters. The predicted molar refractivity (Wildman–Crippen MR) is 64.4 cm³/mol.